The lowest BCUT2D eigenvalue weighted by Gasteiger charge is -2.35. The summed E-state index contributed by atoms with van der Waals surface area (Å²) in [6.07, 6.45) is 6.03. The molecule has 0 spiro atoms. The van der Waals surface area contributed by atoms with Crippen molar-refractivity contribution in [3.05, 3.63) is 11.6 Å². The molecule has 2 unspecified atom stereocenters. The number of fused-ring (bicyclic) bond motifs is 2. The number of rotatable bonds is 1. The Labute approximate surface area is 136 Å². The highest BCUT2D eigenvalue weighted by atomic mass is 28.3. The van der Waals surface area contributed by atoms with Crippen molar-refractivity contribution >= 4 is 14.2 Å². The van der Waals surface area contributed by atoms with Crippen LogP contribution in [0.15, 0.2) is 11.6 Å². The summed E-state index contributed by atoms with van der Waals surface area (Å²) in [5.41, 5.74) is 4.40. The van der Waals surface area contributed by atoms with Crippen LogP contribution in [0.5, 0.6) is 0 Å². The summed E-state index contributed by atoms with van der Waals surface area (Å²) < 4.78 is 5.55. The van der Waals surface area contributed by atoms with Gasteiger partial charge in [0.1, 0.15) is 13.7 Å². The zero-order valence-corrected chi connectivity index (χ0v) is 15.8. The topological polar surface area (TPSA) is 29.5 Å². The first-order valence-electron chi connectivity index (χ1n) is 8.26. The molecule has 2 aliphatic heterocycles. The van der Waals surface area contributed by atoms with E-state index in [9.17, 15) is 4.79 Å². The zero-order chi connectivity index (χ0) is 16.5. The monoisotopic (exact) mass is 319 g/mol. The minimum absolute atomic E-state index is 0.163. The Morgan fingerprint density at radius 3 is 2.59 bits per heavy atom. The Morgan fingerprint density at radius 1 is 1.36 bits per heavy atom. The standard InChI is InChI=1S/C18H29NO2Si/c1-18(2,3)21-17(20)19-15-9-10-16(19)13-14(12-15)8-7-11-22(4,5)6/h12,15-16H,8-10,13H2,1-6H3. The van der Waals surface area contributed by atoms with Crippen molar-refractivity contribution in [2.24, 2.45) is 0 Å². The van der Waals surface area contributed by atoms with Crippen LogP contribution in [0.1, 0.15) is 46.5 Å². The molecule has 2 aliphatic rings. The molecule has 1 amide bonds. The van der Waals surface area contributed by atoms with E-state index in [-0.39, 0.29) is 12.1 Å². The third-order valence-electron chi connectivity index (χ3n) is 3.86. The van der Waals surface area contributed by atoms with Crippen LogP contribution < -0.4 is 0 Å². The lowest BCUT2D eigenvalue weighted by Crippen LogP contribution is -2.45. The van der Waals surface area contributed by atoms with Gasteiger partial charge in [-0.15, -0.1) is 11.5 Å². The van der Waals surface area contributed by atoms with E-state index in [1.807, 2.05) is 25.7 Å². The first-order valence-corrected chi connectivity index (χ1v) is 11.8. The van der Waals surface area contributed by atoms with Gasteiger partial charge >= 0.3 is 6.09 Å². The maximum Gasteiger partial charge on any atom is 0.411 e. The Balaban J connectivity index is 2.03. The summed E-state index contributed by atoms with van der Waals surface area (Å²) in [4.78, 5) is 14.3. The zero-order valence-electron chi connectivity index (χ0n) is 14.8. The van der Waals surface area contributed by atoms with Gasteiger partial charge in [-0.3, -0.25) is 4.90 Å². The van der Waals surface area contributed by atoms with Gasteiger partial charge in [0.25, 0.3) is 0 Å². The number of ether oxygens (including phenoxy) is 1. The van der Waals surface area contributed by atoms with E-state index in [1.54, 1.807) is 0 Å². The lowest BCUT2D eigenvalue weighted by molar-refractivity contribution is 0.0167. The highest BCUT2D eigenvalue weighted by Crippen LogP contribution is 2.36. The molecule has 122 valence electrons. The van der Waals surface area contributed by atoms with Crippen LogP contribution in [0.2, 0.25) is 19.6 Å². The average molecular weight is 320 g/mol. The van der Waals surface area contributed by atoms with Crippen LogP contribution in [-0.2, 0) is 4.74 Å². The third-order valence-corrected chi connectivity index (χ3v) is 4.78. The van der Waals surface area contributed by atoms with Crippen molar-refractivity contribution in [1.29, 1.82) is 0 Å². The van der Waals surface area contributed by atoms with E-state index < -0.39 is 13.7 Å². The number of hydrogen-bond donors (Lipinski definition) is 0. The maximum absolute atomic E-state index is 12.4. The summed E-state index contributed by atoms with van der Waals surface area (Å²) in [7, 11) is -1.29. The quantitative estimate of drug-likeness (QED) is 0.408. The van der Waals surface area contributed by atoms with Crippen LogP contribution in [0.25, 0.3) is 0 Å². The molecule has 0 aromatic heterocycles. The minimum atomic E-state index is -1.29. The highest BCUT2D eigenvalue weighted by molar-refractivity contribution is 6.83. The molecule has 0 aromatic rings. The summed E-state index contributed by atoms with van der Waals surface area (Å²) >= 11 is 0. The molecule has 2 bridgehead atoms. The fourth-order valence-electron chi connectivity index (χ4n) is 3.07. The van der Waals surface area contributed by atoms with Crippen molar-refractivity contribution in [3.63, 3.8) is 0 Å². The van der Waals surface area contributed by atoms with Gasteiger partial charge in [-0.05, 0) is 40.0 Å². The SMILES string of the molecule is CC(C)(C)OC(=O)N1C2C=C(CC#C[Si](C)(C)C)CC1CC2. The number of nitrogens with zero attached hydrogens (tertiary/aromatic N) is 1. The van der Waals surface area contributed by atoms with Gasteiger partial charge in [-0.2, -0.15) is 0 Å². The molecule has 0 radical (unpaired) electrons. The van der Waals surface area contributed by atoms with Gasteiger partial charge < -0.3 is 4.74 Å². The predicted molar refractivity (Wildman–Crippen MR) is 93.3 cm³/mol. The first-order chi connectivity index (χ1) is 10.1. The van der Waals surface area contributed by atoms with Crippen LogP contribution in [0.4, 0.5) is 4.79 Å². The summed E-state index contributed by atoms with van der Waals surface area (Å²) in [6.45, 7) is 12.6. The van der Waals surface area contributed by atoms with E-state index in [2.05, 4.69) is 37.2 Å². The predicted octanol–water partition coefficient (Wildman–Crippen LogP) is 4.36. The smallest absolute Gasteiger partial charge is 0.411 e. The Kier molecular flexibility index (Phi) is 4.77. The van der Waals surface area contributed by atoms with E-state index in [1.165, 1.54) is 5.57 Å². The van der Waals surface area contributed by atoms with Crippen molar-refractivity contribution < 1.29 is 9.53 Å². The van der Waals surface area contributed by atoms with Crippen LogP contribution in [-0.4, -0.2) is 36.8 Å². The first kappa shape index (κ1) is 17.1. The van der Waals surface area contributed by atoms with Gasteiger partial charge in [0.15, 0.2) is 0 Å². The van der Waals surface area contributed by atoms with Gasteiger partial charge in [-0.25, -0.2) is 4.79 Å². The molecule has 4 heteroatoms. The number of amides is 1. The fourth-order valence-corrected chi connectivity index (χ4v) is 3.69. The molecule has 3 nitrogen and oxygen atoms in total. The fraction of sp³-hybridized carbons (Fsp3) is 0.722. The van der Waals surface area contributed by atoms with E-state index in [0.29, 0.717) is 6.04 Å². The van der Waals surface area contributed by atoms with Crippen LogP contribution in [0, 0.1) is 11.5 Å². The van der Waals surface area contributed by atoms with Crippen LogP contribution >= 0.6 is 0 Å². The Hall–Kier alpha value is -1.21. The molecular weight excluding hydrogens is 290 g/mol. The molecule has 0 saturated carbocycles. The molecule has 22 heavy (non-hydrogen) atoms. The molecule has 1 fully saturated rings. The summed E-state index contributed by atoms with van der Waals surface area (Å²) in [5.74, 6) is 3.35. The van der Waals surface area contributed by atoms with Crippen LogP contribution in [0.3, 0.4) is 0 Å². The second-order valence-electron chi connectivity index (χ2n) is 8.44. The molecule has 2 rings (SSSR count). The summed E-state index contributed by atoms with van der Waals surface area (Å²) in [6, 6.07) is 0.505. The summed E-state index contributed by atoms with van der Waals surface area (Å²) in [5, 5.41) is 0. The van der Waals surface area contributed by atoms with Crippen molar-refractivity contribution in [3.8, 4) is 11.5 Å². The van der Waals surface area contributed by atoms with Crippen molar-refractivity contribution in [2.75, 3.05) is 0 Å². The minimum Gasteiger partial charge on any atom is -0.444 e. The van der Waals surface area contributed by atoms with Crippen molar-refractivity contribution in [2.45, 2.75) is 83.8 Å². The second kappa shape index (κ2) is 6.12. The molecule has 0 N–H and O–H groups in total. The largest absolute Gasteiger partial charge is 0.444 e. The van der Waals surface area contributed by atoms with E-state index in [0.717, 1.165) is 25.7 Å². The number of hydrogen-bond acceptors (Lipinski definition) is 2. The highest BCUT2D eigenvalue weighted by Gasteiger charge is 2.41. The van der Waals surface area contributed by atoms with E-state index in [4.69, 9.17) is 4.74 Å². The van der Waals surface area contributed by atoms with Gasteiger partial charge in [0, 0.05) is 12.5 Å². The lowest BCUT2D eigenvalue weighted by atomic mass is 9.99. The van der Waals surface area contributed by atoms with Gasteiger partial charge in [-0.1, -0.05) is 31.3 Å². The molecule has 0 aromatic carbocycles. The van der Waals surface area contributed by atoms with Gasteiger partial charge in [0.2, 0.25) is 0 Å². The maximum atomic E-state index is 12.4. The third kappa shape index (κ3) is 4.64. The van der Waals surface area contributed by atoms with Gasteiger partial charge in [0.05, 0.1) is 6.04 Å². The Bertz CT molecular complexity index is 528. The van der Waals surface area contributed by atoms with E-state index >= 15 is 0 Å². The average Bonchev–Trinajstić information content (AvgIpc) is 2.58. The molecule has 1 saturated heterocycles. The number of carbonyl (C=O) groups excluding carboxylic acids is 1. The normalized spacial score (nSPS) is 24.5. The van der Waals surface area contributed by atoms with Crippen molar-refractivity contribution in [1.82, 2.24) is 4.90 Å². The molecule has 2 atom stereocenters. The molecule has 2 heterocycles. The molecular formula is C18H29NO2Si. The number of carbonyl (C=O) groups is 1. The Morgan fingerprint density at radius 2 is 2.05 bits per heavy atom. The molecule has 0 aliphatic carbocycles. The second-order valence-corrected chi connectivity index (χ2v) is 13.2.